The second kappa shape index (κ2) is 8.31. The number of alkyl halides is 6. The van der Waals surface area contributed by atoms with Crippen LogP contribution in [0.3, 0.4) is 0 Å². The summed E-state index contributed by atoms with van der Waals surface area (Å²) >= 11 is 6.21. The zero-order chi connectivity index (χ0) is 21.4. The minimum absolute atomic E-state index is 0.0120. The zero-order valence-corrected chi connectivity index (χ0v) is 16.0. The Kier molecular flexibility index (Phi) is 6.35. The van der Waals surface area contributed by atoms with Gasteiger partial charge in [0.25, 0.3) is 5.91 Å². The number of amides is 1. The van der Waals surface area contributed by atoms with E-state index in [-0.39, 0.29) is 30.6 Å². The second-order valence-corrected chi connectivity index (χ2v) is 7.66. The first-order valence-corrected chi connectivity index (χ1v) is 9.52. The number of nitrogens with one attached hydrogen (secondary N) is 1. The van der Waals surface area contributed by atoms with Crippen molar-refractivity contribution < 1.29 is 31.1 Å². The smallest absolute Gasteiger partial charge is 0.339 e. The molecule has 0 spiro atoms. The summed E-state index contributed by atoms with van der Waals surface area (Å²) in [5.74, 6) is -3.66. The number of likely N-dealkylation sites (tertiary alicyclic amines) is 1. The average Bonchev–Trinajstić information content (AvgIpc) is 2.54. The third kappa shape index (κ3) is 4.97. The summed E-state index contributed by atoms with van der Waals surface area (Å²) in [6.07, 6.45) is -9.92. The number of hydrogen-bond acceptors (Lipinski definition) is 3. The van der Waals surface area contributed by atoms with E-state index in [2.05, 4.69) is 5.32 Å². The number of nitrogens with zero attached hydrogens (tertiary/aromatic N) is 2. The van der Waals surface area contributed by atoms with Crippen molar-refractivity contribution in [3.8, 4) is 0 Å². The van der Waals surface area contributed by atoms with E-state index in [0.29, 0.717) is 24.2 Å². The monoisotopic (exact) mass is 443 g/mol. The van der Waals surface area contributed by atoms with Crippen molar-refractivity contribution in [1.29, 1.82) is 0 Å². The van der Waals surface area contributed by atoms with E-state index < -0.39 is 30.9 Å². The Bertz CT molecular complexity index is 736. The molecule has 1 unspecified atom stereocenters. The molecule has 0 aromatic heterocycles. The molecular formula is C18H20ClF6N3O. The van der Waals surface area contributed by atoms with Gasteiger partial charge in [0.15, 0.2) is 5.92 Å². The van der Waals surface area contributed by atoms with Gasteiger partial charge in [0.1, 0.15) is 0 Å². The Hall–Kier alpha value is -1.52. The van der Waals surface area contributed by atoms with Gasteiger partial charge >= 0.3 is 12.4 Å². The van der Waals surface area contributed by atoms with Gasteiger partial charge in [0, 0.05) is 55.9 Å². The van der Waals surface area contributed by atoms with Crippen LogP contribution in [0.5, 0.6) is 0 Å². The average molecular weight is 444 g/mol. The molecule has 0 bridgehead atoms. The first-order valence-electron chi connectivity index (χ1n) is 9.14. The summed E-state index contributed by atoms with van der Waals surface area (Å²) in [7, 11) is 0. The molecule has 3 rings (SSSR count). The molecule has 0 aliphatic carbocycles. The molecule has 1 N–H and O–H groups in total. The lowest BCUT2D eigenvalue weighted by Crippen LogP contribution is -2.60. The number of carbonyl (C=O) groups excluding carboxylic acids is 1. The second-order valence-electron chi connectivity index (χ2n) is 7.25. The van der Waals surface area contributed by atoms with E-state index in [1.165, 1.54) is 18.2 Å². The summed E-state index contributed by atoms with van der Waals surface area (Å²) < 4.78 is 79.2. The lowest BCUT2D eigenvalue weighted by atomic mass is 9.94. The number of benzene rings is 1. The van der Waals surface area contributed by atoms with Crippen molar-refractivity contribution in [3.63, 3.8) is 0 Å². The maximum atomic E-state index is 13.2. The highest BCUT2D eigenvalue weighted by Gasteiger charge is 2.61. The summed E-state index contributed by atoms with van der Waals surface area (Å²) in [6, 6.07) is 2.61. The van der Waals surface area contributed by atoms with Gasteiger partial charge in [-0.15, -0.1) is 0 Å². The van der Waals surface area contributed by atoms with Gasteiger partial charge < -0.3 is 10.2 Å². The Morgan fingerprint density at radius 1 is 1.14 bits per heavy atom. The summed E-state index contributed by atoms with van der Waals surface area (Å²) in [6.45, 7) is 0.965. The molecule has 2 aliphatic heterocycles. The van der Waals surface area contributed by atoms with Crippen LogP contribution in [0.2, 0.25) is 5.02 Å². The first-order chi connectivity index (χ1) is 13.5. The minimum Gasteiger partial charge on any atom is -0.339 e. The fourth-order valence-corrected chi connectivity index (χ4v) is 3.88. The highest BCUT2D eigenvalue weighted by molar-refractivity contribution is 6.31. The van der Waals surface area contributed by atoms with Crippen LogP contribution in [-0.4, -0.2) is 66.8 Å². The van der Waals surface area contributed by atoms with Crippen LogP contribution in [0.1, 0.15) is 22.3 Å². The zero-order valence-electron chi connectivity index (χ0n) is 15.3. The Morgan fingerprint density at radius 3 is 2.31 bits per heavy atom. The van der Waals surface area contributed by atoms with E-state index in [1.54, 1.807) is 4.90 Å². The lowest BCUT2D eigenvalue weighted by molar-refractivity contribution is -0.300. The molecule has 1 amide bonds. The van der Waals surface area contributed by atoms with Crippen molar-refractivity contribution >= 4 is 17.5 Å². The fourth-order valence-electron chi connectivity index (χ4n) is 3.64. The summed E-state index contributed by atoms with van der Waals surface area (Å²) in [5.41, 5.74) is 0.723. The van der Waals surface area contributed by atoms with Gasteiger partial charge in [0.2, 0.25) is 0 Å². The minimum atomic E-state index is -5.42. The van der Waals surface area contributed by atoms with E-state index in [1.807, 2.05) is 0 Å². The molecular weight excluding hydrogens is 424 g/mol. The van der Waals surface area contributed by atoms with Crippen LogP contribution in [0.15, 0.2) is 18.2 Å². The molecule has 11 heteroatoms. The standard InChI is InChI=1S/C18H20ClF6N3O/c19-13-8-11(16(29)27-5-1-6-27)2-3-12(13)10-28-7-4-26-9-14(28)15(17(20,21)22)18(23,24)25/h2-3,8,14-15,26H,1,4-7,9-10H2. The maximum absolute atomic E-state index is 13.2. The molecule has 2 saturated heterocycles. The van der Waals surface area contributed by atoms with E-state index in [0.717, 1.165) is 11.3 Å². The van der Waals surface area contributed by atoms with Crippen LogP contribution in [0, 0.1) is 5.92 Å². The topological polar surface area (TPSA) is 35.6 Å². The number of piperazine rings is 1. The SMILES string of the molecule is O=C(c1ccc(CN2CCNCC2C(C(F)(F)F)C(F)(F)F)c(Cl)c1)N1CCC1. The summed E-state index contributed by atoms with van der Waals surface area (Å²) in [5, 5.41) is 2.76. The van der Waals surface area contributed by atoms with Crippen molar-refractivity contribution in [2.75, 3.05) is 32.7 Å². The van der Waals surface area contributed by atoms with Crippen molar-refractivity contribution in [2.45, 2.75) is 31.4 Å². The predicted octanol–water partition coefficient (Wildman–Crippen LogP) is 3.70. The molecule has 0 saturated carbocycles. The van der Waals surface area contributed by atoms with Crippen LogP contribution in [-0.2, 0) is 6.54 Å². The van der Waals surface area contributed by atoms with Crippen LogP contribution in [0.4, 0.5) is 26.3 Å². The van der Waals surface area contributed by atoms with Gasteiger partial charge in [-0.1, -0.05) is 17.7 Å². The van der Waals surface area contributed by atoms with Crippen molar-refractivity contribution in [1.82, 2.24) is 15.1 Å². The molecule has 29 heavy (non-hydrogen) atoms. The van der Waals surface area contributed by atoms with Crippen molar-refractivity contribution in [3.05, 3.63) is 34.3 Å². The highest BCUT2D eigenvalue weighted by atomic mass is 35.5. The van der Waals surface area contributed by atoms with Crippen LogP contribution < -0.4 is 5.32 Å². The molecule has 0 radical (unpaired) electrons. The van der Waals surface area contributed by atoms with Gasteiger partial charge in [-0.3, -0.25) is 9.69 Å². The van der Waals surface area contributed by atoms with Gasteiger partial charge in [-0.25, -0.2) is 0 Å². The van der Waals surface area contributed by atoms with E-state index >= 15 is 0 Å². The third-order valence-electron chi connectivity index (χ3n) is 5.31. The number of carbonyl (C=O) groups is 1. The predicted molar refractivity (Wildman–Crippen MR) is 94.6 cm³/mol. The van der Waals surface area contributed by atoms with E-state index in [9.17, 15) is 31.1 Å². The molecule has 4 nitrogen and oxygen atoms in total. The number of halogens is 7. The molecule has 1 atom stereocenters. The molecule has 2 aliphatic rings. The lowest BCUT2D eigenvalue weighted by Gasteiger charge is -2.41. The number of rotatable bonds is 4. The van der Waals surface area contributed by atoms with Gasteiger partial charge in [0.05, 0.1) is 0 Å². The molecule has 2 fully saturated rings. The van der Waals surface area contributed by atoms with Crippen LogP contribution in [0.25, 0.3) is 0 Å². The molecule has 162 valence electrons. The first kappa shape index (κ1) is 22.2. The third-order valence-corrected chi connectivity index (χ3v) is 5.66. The Morgan fingerprint density at radius 2 is 1.79 bits per heavy atom. The van der Waals surface area contributed by atoms with Crippen LogP contribution >= 0.6 is 11.6 Å². The largest absolute Gasteiger partial charge is 0.402 e. The Balaban J connectivity index is 1.80. The molecule has 2 heterocycles. The van der Waals surface area contributed by atoms with Crippen molar-refractivity contribution in [2.24, 2.45) is 5.92 Å². The quantitative estimate of drug-likeness (QED) is 0.721. The fraction of sp³-hybridized carbons (Fsp3) is 0.611. The number of hydrogen-bond donors (Lipinski definition) is 1. The summed E-state index contributed by atoms with van der Waals surface area (Å²) in [4.78, 5) is 15.0. The Labute approximate surface area is 168 Å². The molecule has 1 aromatic rings. The van der Waals surface area contributed by atoms with Gasteiger partial charge in [-0.05, 0) is 24.1 Å². The highest BCUT2D eigenvalue weighted by Crippen LogP contribution is 2.43. The van der Waals surface area contributed by atoms with E-state index in [4.69, 9.17) is 11.6 Å². The van der Waals surface area contributed by atoms with Gasteiger partial charge in [-0.2, -0.15) is 26.3 Å². The molecule has 1 aromatic carbocycles. The maximum Gasteiger partial charge on any atom is 0.402 e. The normalized spacial score (nSPS) is 21.4.